The summed E-state index contributed by atoms with van der Waals surface area (Å²) in [5.74, 6) is -5.06. The molecule has 55 heavy (non-hydrogen) atoms. The minimum Gasteiger partial charge on any atom is -0.458 e. The highest BCUT2D eigenvalue weighted by Crippen LogP contribution is 2.76. The van der Waals surface area contributed by atoms with Crippen LogP contribution in [0.3, 0.4) is 0 Å². The maximum absolute atomic E-state index is 14.8. The number of esters is 5. The van der Waals surface area contributed by atoms with E-state index in [1.54, 1.807) is 119 Å². The van der Waals surface area contributed by atoms with Crippen molar-refractivity contribution in [3.8, 4) is 0 Å². The third kappa shape index (κ3) is 5.00. The molecule has 2 bridgehead atoms. The van der Waals surface area contributed by atoms with E-state index in [9.17, 15) is 29.1 Å². The molecule has 3 aromatic rings. The van der Waals surface area contributed by atoms with E-state index in [1.807, 2.05) is 0 Å². The standard InChI is InChI=1S/C43H42O12/c1-24-29(51-35(45)26-15-9-6-10-16-26)22-41-32(24)43(49,38(48)55-39(41,3)4)40(5)30(52-36(46)27-17-11-7-12-18-27)21-31-42(23-50-31,54-25(2)44)33(40)34(41)53-37(47)28-19-13-8-14-20-28/h6-20,29-31,33-34,49H,21-23H2,1-5H3/t29-,30-,31+,33-,34-,40+,41-,42-,43+/m0/s1. The highest BCUT2D eigenvalue weighted by molar-refractivity contribution is 5.93. The second-order valence-corrected chi connectivity index (χ2v) is 15.9. The Hall–Kier alpha value is -5.33. The fraction of sp³-hybridized carbons (Fsp3) is 0.419. The van der Waals surface area contributed by atoms with E-state index in [0.717, 1.165) is 0 Å². The summed E-state index contributed by atoms with van der Waals surface area (Å²) in [6.07, 6.45) is -4.73. The summed E-state index contributed by atoms with van der Waals surface area (Å²) < 4.78 is 37.8. The van der Waals surface area contributed by atoms with E-state index in [2.05, 4.69) is 0 Å². The number of hydrogen-bond donors (Lipinski definition) is 1. The summed E-state index contributed by atoms with van der Waals surface area (Å²) in [5, 5.41) is 13.6. The monoisotopic (exact) mass is 750 g/mol. The van der Waals surface area contributed by atoms with E-state index in [1.165, 1.54) is 6.92 Å². The van der Waals surface area contributed by atoms with Crippen molar-refractivity contribution in [2.75, 3.05) is 6.61 Å². The molecule has 4 fully saturated rings. The first-order valence-corrected chi connectivity index (χ1v) is 18.4. The molecule has 12 heteroatoms. The van der Waals surface area contributed by atoms with Crippen molar-refractivity contribution in [2.24, 2.45) is 16.7 Å². The molecular formula is C43H42O12. The highest BCUT2D eigenvalue weighted by Gasteiger charge is 2.88. The van der Waals surface area contributed by atoms with E-state index in [0.29, 0.717) is 5.57 Å². The Morgan fingerprint density at radius 1 is 0.764 bits per heavy atom. The van der Waals surface area contributed by atoms with Gasteiger partial charge in [-0.2, -0.15) is 0 Å². The lowest BCUT2D eigenvalue weighted by Crippen LogP contribution is -2.87. The quantitative estimate of drug-likeness (QED) is 0.192. The Balaban J connectivity index is 1.38. The van der Waals surface area contributed by atoms with Crippen molar-refractivity contribution in [1.29, 1.82) is 0 Å². The predicted molar refractivity (Wildman–Crippen MR) is 192 cm³/mol. The van der Waals surface area contributed by atoms with Crippen molar-refractivity contribution >= 4 is 29.8 Å². The zero-order chi connectivity index (χ0) is 39.1. The number of cyclic esters (lactones) is 1. The summed E-state index contributed by atoms with van der Waals surface area (Å²) in [7, 11) is 0. The van der Waals surface area contributed by atoms with Crippen LogP contribution in [0, 0.1) is 16.7 Å². The normalized spacial score (nSPS) is 35.1. The van der Waals surface area contributed by atoms with Crippen LogP contribution in [0.25, 0.3) is 0 Å². The van der Waals surface area contributed by atoms with Gasteiger partial charge in [0.25, 0.3) is 0 Å². The summed E-state index contributed by atoms with van der Waals surface area (Å²) in [4.78, 5) is 69.8. The topological polar surface area (TPSA) is 161 Å². The molecule has 0 aromatic heterocycles. The molecule has 286 valence electrons. The number of rotatable bonds is 7. The van der Waals surface area contributed by atoms with Crippen LogP contribution in [0.2, 0.25) is 0 Å². The van der Waals surface area contributed by atoms with Crippen molar-refractivity contribution in [3.05, 3.63) is 119 Å². The molecule has 0 unspecified atom stereocenters. The molecule has 0 amide bonds. The molecule has 0 spiro atoms. The molecule has 3 aliphatic carbocycles. The lowest BCUT2D eigenvalue weighted by atomic mass is 9.37. The first-order valence-electron chi connectivity index (χ1n) is 18.4. The van der Waals surface area contributed by atoms with Gasteiger partial charge in [0.1, 0.15) is 30.0 Å². The smallest absolute Gasteiger partial charge is 0.343 e. The fourth-order valence-electron chi connectivity index (χ4n) is 10.4. The third-order valence-corrected chi connectivity index (χ3v) is 12.9. The predicted octanol–water partition coefficient (Wildman–Crippen LogP) is 5.18. The van der Waals surface area contributed by atoms with Crippen LogP contribution in [0.5, 0.6) is 0 Å². The molecular weight excluding hydrogens is 708 g/mol. The molecule has 3 aromatic carbocycles. The lowest BCUT2D eigenvalue weighted by molar-refractivity contribution is -0.380. The van der Waals surface area contributed by atoms with Gasteiger partial charge in [-0.15, -0.1) is 0 Å². The van der Waals surface area contributed by atoms with E-state index in [-0.39, 0.29) is 41.7 Å². The van der Waals surface area contributed by atoms with Gasteiger partial charge < -0.3 is 33.5 Å². The van der Waals surface area contributed by atoms with Crippen LogP contribution in [0.4, 0.5) is 0 Å². The third-order valence-electron chi connectivity index (χ3n) is 12.9. The van der Waals surface area contributed by atoms with Crippen LogP contribution in [-0.2, 0) is 38.0 Å². The number of carbonyl (C=O) groups excluding carboxylic acids is 5. The number of fused-ring (bicyclic) bond motifs is 4. The van der Waals surface area contributed by atoms with E-state index in [4.69, 9.17) is 28.4 Å². The fourth-order valence-corrected chi connectivity index (χ4v) is 10.4. The van der Waals surface area contributed by atoms with Gasteiger partial charge in [-0.25, -0.2) is 19.2 Å². The molecule has 2 saturated heterocycles. The average Bonchev–Trinajstić information content (AvgIpc) is 3.47. The van der Waals surface area contributed by atoms with Gasteiger partial charge in [-0.1, -0.05) is 61.5 Å². The van der Waals surface area contributed by atoms with Crippen molar-refractivity contribution < 1.29 is 57.5 Å². The van der Waals surface area contributed by atoms with E-state index < -0.39 is 87.8 Å². The van der Waals surface area contributed by atoms with Gasteiger partial charge in [0, 0.05) is 19.8 Å². The summed E-state index contributed by atoms with van der Waals surface area (Å²) >= 11 is 0. The van der Waals surface area contributed by atoms with Crippen LogP contribution in [-0.4, -0.2) is 82.8 Å². The highest BCUT2D eigenvalue weighted by atomic mass is 16.6. The number of benzene rings is 3. The summed E-state index contributed by atoms with van der Waals surface area (Å²) in [6.45, 7) is 7.65. The SMILES string of the molecule is CC(=O)O[C@@]12CO[C@@H]1C[C@H](OC(=O)c1ccccc1)[C@]1(C)[C@@H]2[C@H](OC(=O)c2ccccc2)[C@]23C[C@H](OC(=O)c4ccccc4)C(C)=C2[C@@]1(O)C(=O)OC3(C)C. The van der Waals surface area contributed by atoms with Crippen molar-refractivity contribution in [3.63, 3.8) is 0 Å². The Kier molecular flexibility index (Phi) is 8.40. The minimum absolute atomic E-state index is 0.0786. The Labute approximate surface area is 317 Å². The van der Waals surface area contributed by atoms with Crippen LogP contribution >= 0.6 is 0 Å². The van der Waals surface area contributed by atoms with Gasteiger partial charge in [0.2, 0.25) is 0 Å². The number of aliphatic hydroxyl groups is 1. The molecule has 2 aliphatic heterocycles. The average molecular weight is 751 g/mol. The van der Waals surface area contributed by atoms with Crippen LogP contribution < -0.4 is 0 Å². The molecule has 0 radical (unpaired) electrons. The zero-order valence-corrected chi connectivity index (χ0v) is 31.1. The maximum atomic E-state index is 14.8. The Morgan fingerprint density at radius 3 is 1.76 bits per heavy atom. The molecule has 9 atom stereocenters. The van der Waals surface area contributed by atoms with Crippen LogP contribution in [0.1, 0.15) is 78.5 Å². The first-order chi connectivity index (χ1) is 26.1. The molecule has 8 rings (SSSR count). The molecule has 1 N–H and O–H groups in total. The Morgan fingerprint density at radius 2 is 1.27 bits per heavy atom. The van der Waals surface area contributed by atoms with Crippen LogP contribution in [0.15, 0.2) is 102 Å². The molecule has 2 heterocycles. The van der Waals surface area contributed by atoms with Gasteiger partial charge in [0.15, 0.2) is 11.2 Å². The number of carbonyl (C=O) groups is 5. The largest absolute Gasteiger partial charge is 0.458 e. The minimum atomic E-state index is -2.59. The van der Waals surface area contributed by atoms with Gasteiger partial charge in [-0.3, -0.25) is 4.79 Å². The van der Waals surface area contributed by atoms with Crippen molar-refractivity contribution in [2.45, 2.75) is 88.7 Å². The molecule has 12 nitrogen and oxygen atoms in total. The summed E-state index contributed by atoms with van der Waals surface area (Å²) in [5.41, 5.74) is -7.93. The van der Waals surface area contributed by atoms with Gasteiger partial charge in [-0.05, 0) is 68.3 Å². The lowest BCUT2D eigenvalue weighted by Gasteiger charge is -2.74. The number of hydrogen-bond acceptors (Lipinski definition) is 12. The molecule has 5 aliphatic rings. The van der Waals surface area contributed by atoms with Gasteiger partial charge >= 0.3 is 29.8 Å². The van der Waals surface area contributed by atoms with Gasteiger partial charge in [0.05, 0.1) is 40.0 Å². The molecule has 2 saturated carbocycles. The Bertz CT molecular complexity index is 2110. The zero-order valence-electron chi connectivity index (χ0n) is 31.1. The van der Waals surface area contributed by atoms with Crippen molar-refractivity contribution in [1.82, 2.24) is 0 Å². The second-order valence-electron chi connectivity index (χ2n) is 15.9. The first kappa shape index (κ1) is 36.6. The second kappa shape index (κ2) is 12.6. The maximum Gasteiger partial charge on any atom is 0.343 e. The number of ether oxygens (including phenoxy) is 6. The van der Waals surface area contributed by atoms with E-state index >= 15 is 0 Å². The summed E-state index contributed by atoms with van der Waals surface area (Å²) in [6, 6.07) is 24.9.